The summed E-state index contributed by atoms with van der Waals surface area (Å²) in [6.45, 7) is 9.00. The summed E-state index contributed by atoms with van der Waals surface area (Å²) in [4.78, 5) is 27.2. The molecule has 1 aliphatic carbocycles. The van der Waals surface area contributed by atoms with Crippen LogP contribution in [0.15, 0.2) is 24.3 Å². The quantitative estimate of drug-likeness (QED) is 0.670. The summed E-state index contributed by atoms with van der Waals surface area (Å²) in [6.07, 6.45) is 7.67. The van der Waals surface area contributed by atoms with Crippen LogP contribution >= 0.6 is 0 Å². The molecular formula is C27H38N6O2. The molecule has 2 fully saturated rings. The molecule has 2 aromatic rings. The monoisotopic (exact) mass is 478 g/mol. The Kier molecular flexibility index (Phi) is 7.48. The van der Waals surface area contributed by atoms with Crippen molar-refractivity contribution in [2.24, 2.45) is 0 Å². The fourth-order valence-corrected chi connectivity index (χ4v) is 5.64. The molecule has 35 heavy (non-hydrogen) atoms. The summed E-state index contributed by atoms with van der Waals surface area (Å²) in [5.41, 5.74) is 4.20. The minimum Gasteiger partial charge on any atom is -0.377 e. The highest BCUT2D eigenvalue weighted by atomic mass is 16.5. The van der Waals surface area contributed by atoms with Gasteiger partial charge < -0.3 is 20.3 Å². The number of urea groups is 1. The van der Waals surface area contributed by atoms with Crippen LogP contribution in [0.5, 0.6) is 0 Å². The molecule has 5 rings (SSSR count). The Morgan fingerprint density at radius 1 is 1.11 bits per heavy atom. The van der Waals surface area contributed by atoms with Crippen LogP contribution < -0.4 is 15.5 Å². The number of rotatable bonds is 5. The first-order valence-electron chi connectivity index (χ1n) is 13.3. The van der Waals surface area contributed by atoms with Gasteiger partial charge in [0, 0.05) is 49.0 Å². The SMILES string of the molecule is CCNC(=O)Nc1ccc(-c2nc3c(c(N4CCOCC4C)n2)CCN(C2CCCCC2)C3)cc1. The lowest BCUT2D eigenvalue weighted by Gasteiger charge is -2.40. The highest BCUT2D eigenvalue weighted by Gasteiger charge is 2.31. The molecule has 0 spiro atoms. The average molecular weight is 479 g/mol. The van der Waals surface area contributed by atoms with Crippen molar-refractivity contribution >= 4 is 17.5 Å². The minimum atomic E-state index is -0.198. The van der Waals surface area contributed by atoms with Gasteiger partial charge in [0.05, 0.1) is 24.9 Å². The molecule has 2 N–H and O–H groups in total. The van der Waals surface area contributed by atoms with Crippen molar-refractivity contribution in [3.63, 3.8) is 0 Å². The van der Waals surface area contributed by atoms with Crippen LogP contribution in [0.1, 0.15) is 57.2 Å². The Morgan fingerprint density at radius 3 is 2.66 bits per heavy atom. The third kappa shape index (κ3) is 5.43. The van der Waals surface area contributed by atoms with E-state index < -0.39 is 0 Å². The van der Waals surface area contributed by atoms with E-state index in [0.717, 1.165) is 62.2 Å². The Bertz CT molecular complexity index is 1020. The lowest BCUT2D eigenvalue weighted by molar-refractivity contribution is 0.0981. The smallest absolute Gasteiger partial charge is 0.319 e. The Hall–Kier alpha value is -2.71. The number of fused-ring (bicyclic) bond motifs is 1. The predicted molar refractivity (Wildman–Crippen MR) is 139 cm³/mol. The number of nitrogens with zero attached hydrogens (tertiary/aromatic N) is 4. The normalized spacial score (nSPS) is 21.4. The van der Waals surface area contributed by atoms with Crippen LogP contribution in [0.3, 0.4) is 0 Å². The highest BCUT2D eigenvalue weighted by molar-refractivity contribution is 5.89. The summed E-state index contributed by atoms with van der Waals surface area (Å²) in [6, 6.07) is 8.60. The third-order valence-corrected chi connectivity index (χ3v) is 7.54. The molecule has 1 saturated carbocycles. The average Bonchev–Trinajstić information content (AvgIpc) is 2.89. The molecule has 1 atom stereocenters. The van der Waals surface area contributed by atoms with Gasteiger partial charge in [0.25, 0.3) is 0 Å². The fraction of sp³-hybridized carbons (Fsp3) is 0.593. The first-order chi connectivity index (χ1) is 17.1. The van der Waals surface area contributed by atoms with Crippen molar-refractivity contribution in [1.82, 2.24) is 20.2 Å². The number of carbonyl (C=O) groups excluding carboxylic acids is 1. The third-order valence-electron chi connectivity index (χ3n) is 7.54. The van der Waals surface area contributed by atoms with E-state index >= 15 is 0 Å². The van der Waals surface area contributed by atoms with E-state index in [-0.39, 0.29) is 12.1 Å². The van der Waals surface area contributed by atoms with Crippen molar-refractivity contribution in [3.8, 4) is 11.4 Å². The van der Waals surface area contributed by atoms with Gasteiger partial charge >= 0.3 is 6.03 Å². The largest absolute Gasteiger partial charge is 0.377 e. The first kappa shape index (κ1) is 24.0. The maximum Gasteiger partial charge on any atom is 0.319 e. The zero-order chi connectivity index (χ0) is 24.2. The van der Waals surface area contributed by atoms with Crippen LogP contribution in [-0.4, -0.2) is 65.8 Å². The molecule has 3 aliphatic rings. The van der Waals surface area contributed by atoms with Gasteiger partial charge in [-0.05, 0) is 57.4 Å². The molecule has 1 aromatic carbocycles. The number of anilines is 2. The lowest BCUT2D eigenvalue weighted by Crippen LogP contribution is -2.46. The van der Waals surface area contributed by atoms with Gasteiger partial charge in [-0.3, -0.25) is 4.90 Å². The first-order valence-corrected chi connectivity index (χ1v) is 13.3. The standard InChI is InChI=1S/C27H38N6O2/c1-3-28-27(34)29-21-11-9-20(10-12-21)25-30-24-17-32(22-7-5-4-6-8-22)14-13-23(24)26(31-25)33-15-16-35-18-19(33)2/h9-12,19,22H,3-8,13-18H2,1-2H3,(H2,28,29,34). The Morgan fingerprint density at radius 2 is 1.91 bits per heavy atom. The molecule has 1 unspecified atom stereocenters. The van der Waals surface area contributed by atoms with Gasteiger partial charge in [0.15, 0.2) is 5.82 Å². The van der Waals surface area contributed by atoms with E-state index in [9.17, 15) is 4.79 Å². The number of benzene rings is 1. The molecule has 1 aromatic heterocycles. The van der Waals surface area contributed by atoms with Gasteiger partial charge in [-0.2, -0.15) is 0 Å². The van der Waals surface area contributed by atoms with E-state index in [2.05, 4.69) is 27.4 Å². The second-order valence-electron chi connectivity index (χ2n) is 9.99. The van der Waals surface area contributed by atoms with Crippen molar-refractivity contribution in [1.29, 1.82) is 0 Å². The lowest BCUT2D eigenvalue weighted by atomic mass is 9.92. The number of hydrogen-bond acceptors (Lipinski definition) is 6. The summed E-state index contributed by atoms with van der Waals surface area (Å²) in [5.74, 6) is 1.83. The number of nitrogens with one attached hydrogen (secondary N) is 2. The topological polar surface area (TPSA) is 82.6 Å². The molecule has 2 aliphatic heterocycles. The maximum atomic E-state index is 11.9. The molecular weight excluding hydrogens is 440 g/mol. The number of hydrogen-bond donors (Lipinski definition) is 2. The van der Waals surface area contributed by atoms with Gasteiger partial charge in [0.2, 0.25) is 0 Å². The summed E-state index contributed by atoms with van der Waals surface area (Å²) < 4.78 is 5.72. The fourth-order valence-electron chi connectivity index (χ4n) is 5.64. The van der Waals surface area contributed by atoms with Crippen molar-refractivity contribution in [2.75, 3.05) is 43.1 Å². The van der Waals surface area contributed by atoms with Crippen LogP contribution in [0.25, 0.3) is 11.4 Å². The van der Waals surface area contributed by atoms with Crippen LogP contribution in [0, 0.1) is 0 Å². The van der Waals surface area contributed by atoms with Crippen molar-refractivity contribution < 1.29 is 9.53 Å². The van der Waals surface area contributed by atoms with Crippen LogP contribution in [0.2, 0.25) is 0 Å². The molecule has 1 saturated heterocycles. The Labute approximate surface area is 208 Å². The number of morpholine rings is 1. The minimum absolute atomic E-state index is 0.198. The summed E-state index contributed by atoms with van der Waals surface area (Å²) in [5, 5.41) is 5.62. The predicted octanol–water partition coefficient (Wildman–Crippen LogP) is 4.20. The van der Waals surface area contributed by atoms with Gasteiger partial charge in [-0.25, -0.2) is 14.8 Å². The zero-order valence-electron chi connectivity index (χ0n) is 21.1. The number of aromatic nitrogens is 2. The highest BCUT2D eigenvalue weighted by Crippen LogP contribution is 2.34. The molecule has 0 radical (unpaired) electrons. The second kappa shape index (κ2) is 10.9. The van der Waals surface area contributed by atoms with Gasteiger partial charge in [-0.15, -0.1) is 0 Å². The van der Waals surface area contributed by atoms with Crippen molar-refractivity contribution in [2.45, 2.75) is 71.0 Å². The number of ether oxygens (including phenoxy) is 1. The van der Waals surface area contributed by atoms with E-state index in [4.69, 9.17) is 14.7 Å². The molecule has 3 heterocycles. The van der Waals surface area contributed by atoms with Gasteiger partial charge in [0.1, 0.15) is 5.82 Å². The van der Waals surface area contributed by atoms with Gasteiger partial charge in [-0.1, -0.05) is 19.3 Å². The molecule has 0 bridgehead atoms. The molecule has 8 nitrogen and oxygen atoms in total. The maximum absolute atomic E-state index is 11.9. The molecule has 2 amide bonds. The second-order valence-corrected chi connectivity index (χ2v) is 9.99. The van der Waals surface area contributed by atoms with E-state index in [1.54, 1.807) is 0 Å². The van der Waals surface area contributed by atoms with Crippen molar-refractivity contribution in [3.05, 3.63) is 35.5 Å². The van der Waals surface area contributed by atoms with Crippen LogP contribution in [0.4, 0.5) is 16.3 Å². The van der Waals surface area contributed by atoms with Crippen LogP contribution in [-0.2, 0) is 17.7 Å². The number of carbonyl (C=O) groups is 1. The van der Waals surface area contributed by atoms with E-state index in [1.165, 1.54) is 43.4 Å². The summed E-state index contributed by atoms with van der Waals surface area (Å²) >= 11 is 0. The molecule has 8 heteroatoms. The van der Waals surface area contributed by atoms with E-state index in [0.29, 0.717) is 12.6 Å². The summed E-state index contributed by atoms with van der Waals surface area (Å²) in [7, 11) is 0. The molecule has 188 valence electrons. The van der Waals surface area contributed by atoms with E-state index in [1.807, 2.05) is 31.2 Å². The number of amides is 2. The zero-order valence-corrected chi connectivity index (χ0v) is 21.1. The Balaban J connectivity index is 1.46.